The minimum atomic E-state index is 0.538. The second kappa shape index (κ2) is 4.96. The maximum Gasteiger partial charge on any atom is 0.0603 e. The van der Waals surface area contributed by atoms with Gasteiger partial charge in [-0.1, -0.05) is 6.08 Å². The molecule has 15 heavy (non-hydrogen) atoms. The fraction of sp³-hybridized carbons (Fsp3) is 0.273. The van der Waals surface area contributed by atoms with Crippen LogP contribution in [0.1, 0.15) is 6.92 Å². The monoisotopic (exact) mass is 238 g/mol. The van der Waals surface area contributed by atoms with Crippen LogP contribution >= 0.6 is 23.7 Å². The number of nitrogens with two attached hydrogens (primary N) is 1. The average molecular weight is 238 g/mol. The minimum Gasteiger partial charge on any atom is -0.399 e. The third-order valence-electron chi connectivity index (χ3n) is 2.25. The number of benzene rings is 1. The van der Waals surface area contributed by atoms with E-state index in [9.17, 15) is 0 Å². The lowest BCUT2D eigenvalue weighted by Crippen LogP contribution is -2.20. The number of hydrogen-bond acceptors (Lipinski definition) is 4. The van der Waals surface area contributed by atoms with E-state index >= 15 is 0 Å². The van der Waals surface area contributed by atoms with Gasteiger partial charge in [-0.3, -0.25) is 0 Å². The van der Waals surface area contributed by atoms with E-state index < -0.39 is 0 Å². The molecular weight excluding hydrogens is 224 g/mol. The summed E-state index contributed by atoms with van der Waals surface area (Å²) in [6.07, 6.45) is 2.22. The van der Waals surface area contributed by atoms with Gasteiger partial charge in [0.05, 0.1) is 5.88 Å². The molecule has 0 aliphatic carbocycles. The van der Waals surface area contributed by atoms with Crippen LogP contribution in [-0.4, -0.2) is 16.2 Å². The Hall–Kier alpha value is -0.580. The smallest absolute Gasteiger partial charge is 0.0603 e. The molecule has 2 N–H and O–H groups in total. The van der Waals surface area contributed by atoms with Gasteiger partial charge in [-0.05, 0) is 48.5 Å². The zero-order valence-electron chi connectivity index (χ0n) is 8.59. The summed E-state index contributed by atoms with van der Waals surface area (Å²) in [6.45, 7) is 2.21. The summed E-state index contributed by atoms with van der Waals surface area (Å²) in [4.78, 5) is 1.27. The summed E-state index contributed by atoms with van der Waals surface area (Å²) in [6, 6.07) is 8.57. The molecule has 1 aromatic carbocycles. The molecule has 0 saturated heterocycles. The summed E-state index contributed by atoms with van der Waals surface area (Å²) in [5.74, 6) is 1.00. The van der Waals surface area contributed by atoms with Gasteiger partial charge >= 0.3 is 0 Å². The first-order chi connectivity index (χ1) is 7.25. The predicted octanol–water partition coefficient (Wildman–Crippen LogP) is 3.18. The van der Waals surface area contributed by atoms with Crippen molar-refractivity contribution in [3.05, 3.63) is 35.7 Å². The van der Waals surface area contributed by atoms with Crippen molar-refractivity contribution in [1.29, 1.82) is 0 Å². The van der Waals surface area contributed by atoms with Crippen LogP contribution in [0.4, 0.5) is 5.69 Å². The molecule has 0 amide bonds. The third kappa shape index (κ3) is 2.93. The maximum absolute atomic E-state index is 5.63. The Morgan fingerprint density at radius 3 is 2.73 bits per heavy atom. The standard InChI is InChI=1S/C11H14N2S2/c1-9-6-7-15-13(9)8-14-11-4-2-10(12)3-5-11/h2-7,9H,8,12H2,1H3. The van der Waals surface area contributed by atoms with Crippen LogP contribution in [0.15, 0.2) is 40.6 Å². The van der Waals surface area contributed by atoms with Crippen LogP contribution in [0.2, 0.25) is 0 Å². The molecule has 0 saturated carbocycles. The van der Waals surface area contributed by atoms with E-state index in [1.54, 1.807) is 11.9 Å². The molecular formula is C11H14N2S2. The average Bonchev–Trinajstić information content (AvgIpc) is 2.63. The van der Waals surface area contributed by atoms with E-state index in [-0.39, 0.29) is 0 Å². The van der Waals surface area contributed by atoms with Gasteiger partial charge in [0.2, 0.25) is 0 Å². The second-order valence-corrected chi connectivity index (χ2v) is 5.40. The van der Waals surface area contributed by atoms with E-state index in [4.69, 9.17) is 5.73 Å². The largest absolute Gasteiger partial charge is 0.399 e. The number of anilines is 1. The highest BCUT2D eigenvalue weighted by molar-refractivity contribution is 8.03. The lowest BCUT2D eigenvalue weighted by atomic mass is 10.3. The van der Waals surface area contributed by atoms with Gasteiger partial charge in [-0.2, -0.15) is 0 Å². The number of thioether (sulfide) groups is 1. The van der Waals surface area contributed by atoms with Gasteiger partial charge in [0.25, 0.3) is 0 Å². The van der Waals surface area contributed by atoms with Crippen molar-refractivity contribution < 1.29 is 0 Å². The number of hydrogen-bond donors (Lipinski definition) is 1. The lowest BCUT2D eigenvalue weighted by molar-refractivity contribution is 0.504. The number of nitrogens with zero attached hydrogens (tertiary/aromatic N) is 1. The Balaban J connectivity index is 1.85. The van der Waals surface area contributed by atoms with Crippen LogP contribution in [-0.2, 0) is 0 Å². The van der Waals surface area contributed by atoms with Crippen LogP contribution < -0.4 is 5.73 Å². The van der Waals surface area contributed by atoms with Gasteiger partial charge in [-0.25, -0.2) is 4.31 Å². The molecule has 2 nitrogen and oxygen atoms in total. The Morgan fingerprint density at radius 1 is 1.40 bits per heavy atom. The number of nitrogen functional groups attached to an aromatic ring is 1. The van der Waals surface area contributed by atoms with Crippen LogP contribution in [0.25, 0.3) is 0 Å². The first-order valence-corrected chi connectivity index (χ1v) is 6.66. The molecule has 0 radical (unpaired) electrons. The topological polar surface area (TPSA) is 29.3 Å². The summed E-state index contributed by atoms with van der Waals surface area (Å²) < 4.78 is 2.35. The molecule has 1 aromatic rings. The molecule has 80 valence electrons. The predicted molar refractivity (Wildman–Crippen MR) is 69.6 cm³/mol. The Bertz CT molecular complexity index is 348. The van der Waals surface area contributed by atoms with Crippen molar-refractivity contribution in [1.82, 2.24) is 4.31 Å². The zero-order valence-corrected chi connectivity index (χ0v) is 10.2. The lowest BCUT2D eigenvalue weighted by Gasteiger charge is -2.18. The van der Waals surface area contributed by atoms with Crippen LogP contribution in [0.3, 0.4) is 0 Å². The van der Waals surface area contributed by atoms with Gasteiger partial charge < -0.3 is 5.73 Å². The Labute approximate surface area is 99.0 Å². The highest BCUT2D eigenvalue weighted by Gasteiger charge is 2.15. The first kappa shape index (κ1) is 10.9. The SMILES string of the molecule is CC1C=CSN1CSc1ccc(N)cc1. The van der Waals surface area contributed by atoms with Gasteiger partial charge in [0.15, 0.2) is 0 Å². The normalized spacial score (nSPS) is 21.0. The molecule has 0 aromatic heterocycles. The highest BCUT2D eigenvalue weighted by Crippen LogP contribution is 2.29. The van der Waals surface area contributed by atoms with Crippen LogP contribution in [0.5, 0.6) is 0 Å². The van der Waals surface area contributed by atoms with Gasteiger partial charge in [-0.15, -0.1) is 11.8 Å². The van der Waals surface area contributed by atoms with Crippen molar-refractivity contribution in [3.63, 3.8) is 0 Å². The summed E-state index contributed by atoms with van der Waals surface area (Å²) >= 11 is 3.62. The maximum atomic E-state index is 5.63. The molecule has 0 fully saturated rings. The van der Waals surface area contributed by atoms with E-state index in [1.807, 2.05) is 23.9 Å². The van der Waals surface area contributed by atoms with E-state index in [0.29, 0.717) is 6.04 Å². The van der Waals surface area contributed by atoms with E-state index in [0.717, 1.165) is 11.6 Å². The van der Waals surface area contributed by atoms with Crippen LogP contribution in [0, 0.1) is 0 Å². The molecule has 1 unspecified atom stereocenters. The van der Waals surface area contributed by atoms with Crippen molar-refractivity contribution in [2.45, 2.75) is 17.9 Å². The molecule has 1 aliphatic rings. The molecule has 1 atom stereocenters. The van der Waals surface area contributed by atoms with Crippen molar-refractivity contribution in [3.8, 4) is 0 Å². The van der Waals surface area contributed by atoms with Gasteiger partial charge in [0.1, 0.15) is 0 Å². The fourth-order valence-corrected chi connectivity index (χ4v) is 3.23. The Morgan fingerprint density at radius 2 is 2.13 bits per heavy atom. The Kier molecular flexibility index (Phi) is 3.61. The first-order valence-electron chi connectivity index (χ1n) is 4.84. The fourth-order valence-electron chi connectivity index (χ4n) is 1.27. The molecule has 1 heterocycles. The minimum absolute atomic E-state index is 0.538. The molecule has 4 heteroatoms. The van der Waals surface area contributed by atoms with Gasteiger partial charge in [0, 0.05) is 16.6 Å². The second-order valence-electron chi connectivity index (χ2n) is 3.43. The van der Waals surface area contributed by atoms with Crippen molar-refractivity contribution in [2.75, 3.05) is 11.6 Å². The molecule has 2 rings (SSSR count). The highest BCUT2D eigenvalue weighted by atomic mass is 32.2. The van der Waals surface area contributed by atoms with E-state index in [2.05, 4.69) is 34.8 Å². The molecule has 0 spiro atoms. The van der Waals surface area contributed by atoms with E-state index in [1.165, 1.54) is 4.90 Å². The van der Waals surface area contributed by atoms with Crippen molar-refractivity contribution >= 4 is 29.4 Å². The van der Waals surface area contributed by atoms with Crippen molar-refractivity contribution in [2.24, 2.45) is 0 Å². The quantitative estimate of drug-likeness (QED) is 0.497. The summed E-state index contributed by atoms with van der Waals surface area (Å²) in [5.41, 5.74) is 6.46. The number of rotatable bonds is 3. The molecule has 1 aliphatic heterocycles. The molecule has 0 bridgehead atoms. The summed E-state index contributed by atoms with van der Waals surface area (Å²) in [5, 5.41) is 2.15. The zero-order chi connectivity index (χ0) is 10.7. The third-order valence-corrected chi connectivity index (χ3v) is 4.43. The summed E-state index contributed by atoms with van der Waals surface area (Å²) in [7, 11) is 0.